The van der Waals surface area contributed by atoms with Crippen molar-refractivity contribution in [3.8, 4) is 5.69 Å². The fourth-order valence-corrected chi connectivity index (χ4v) is 3.38. The molecule has 1 amide bonds. The molecule has 1 saturated heterocycles. The van der Waals surface area contributed by atoms with Gasteiger partial charge in [-0.1, -0.05) is 0 Å². The van der Waals surface area contributed by atoms with E-state index in [4.69, 9.17) is 0 Å². The molecule has 0 radical (unpaired) electrons. The van der Waals surface area contributed by atoms with Crippen molar-refractivity contribution in [2.45, 2.75) is 39.2 Å². The minimum atomic E-state index is -0.271. The molecular formula is C19H26ClFN4O. The Hall–Kier alpha value is -1.92. The second-order valence-electron chi connectivity index (χ2n) is 6.76. The van der Waals surface area contributed by atoms with Crippen LogP contribution < -0.4 is 10.6 Å². The Labute approximate surface area is 159 Å². The van der Waals surface area contributed by atoms with Crippen LogP contribution in [0.5, 0.6) is 0 Å². The number of carbonyl (C=O) groups excluding carboxylic acids is 1. The lowest BCUT2D eigenvalue weighted by Crippen LogP contribution is -2.27. The molecule has 0 aliphatic carbocycles. The summed E-state index contributed by atoms with van der Waals surface area (Å²) >= 11 is 0. The Morgan fingerprint density at radius 3 is 2.81 bits per heavy atom. The number of carbonyl (C=O) groups is 1. The monoisotopic (exact) mass is 380 g/mol. The molecule has 2 aromatic rings. The molecule has 26 heavy (non-hydrogen) atoms. The van der Waals surface area contributed by atoms with Gasteiger partial charge in [-0.25, -0.2) is 9.07 Å². The normalized spacial score (nSPS) is 17.6. The Morgan fingerprint density at radius 1 is 1.42 bits per heavy atom. The summed E-state index contributed by atoms with van der Waals surface area (Å²) in [6.07, 6.45) is 4.41. The molecule has 142 valence electrons. The van der Waals surface area contributed by atoms with E-state index in [1.165, 1.54) is 12.1 Å². The van der Waals surface area contributed by atoms with Crippen molar-refractivity contribution in [2.24, 2.45) is 5.92 Å². The lowest BCUT2D eigenvalue weighted by atomic mass is 10.0. The molecule has 1 aliphatic heterocycles. The topological polar surface area (TPSA) is 59.0 Å². The van der Waals surface area contributed by atoms with Crippen LogP contribution in [0.1, 0.15) is 43.5 Å². The van der Waals surface area contributed by atoms with E-state index in [9.17, 15) is 9.18 Å². The molecule has 7 heteroatoms. The minimum absolute atomic E-state index is 0. The fourth-order valence-electron chi connectivity index (χ4n) is 3.38. The van der Waals surface area contributed by atoms with Gasteiger partial charge >= 0.3 is 0 Å². The van der Waals surface area contributed by atoms with E-state index in [0.29, 0.717) is 12.3 Å². The van der Waals surface area contributed by atoms with E-state index in [0.717, 1.165) is 42.9 Å². The Morgan fingerprint density at radius 2 is 2.15 bits per heavy atom. The average molecular weight is 381 g/mol. The maximum absolute atomic E-state index is 13.1. The molecule has 0 saturated carbocycles. The lowest BCUT2D eigenvalue weighted by molar-refractivity contribution is -0.122. The van der Waals surface area contributed by atoms with Crippen molar-refractivity contribution < 1.29 is 9.18 Å². The summed E-state index contributed by atoms with van der Waals surface area (Å²) in [7, 11) is 0. The summed E-state index contributed by atoms with van der Waals surface area (Å²) in [6.45, 7) is 6.00. The van der Waals surface area contributed by atoms with Gasteiger partial charge in [0, 0.05) is 17.7 Å². The molecular weight excluding hydrogens is 355 g/mol. The van der Waals surface area contributed by atoms with Crippen LogP contribution in [0.25, 0.3) is 5.69 Å². The van der Waals surface area contributed by atoms with Gasteiger partial charge in [0.15, 0.2) is 0 Å². The van der Waals surface area contributed by atoms with Crippen LogP contribution in [0.3, 0.4) is 0 Å². The highest BCUT2D eigenvalue weighted by Gasteiger charge is 2.19. The summed E-state index contributed by atoms with van der Waals surface area (Å²) in [6, 6.07) is 6.11. The fraction of sp³-hybridized carbons (Fsp3) is 0.474. The summed E-state index contributed by atoms with van der Waals surface area (Å²) in [5.74, 6) is 0.421. The number of benzene rings is 1. The van der Waals surface area contributed by atoms with Crippen LogP contribution in [-0.2, 0) is 4.79 Å². The highest BCUT2D eigenvalue weighted by atomic mass is 35.5. The molecule has 1 aromatic carbocycles. The van der Waals surface area contributed by atoms with Gasteiger partial charge in [-0.3, -0.25) is 4.79 Å². The molecule has 5 nitrogen and oxygen atoms in total. The Kier molecular flexibility index (Phi) is 7.17. The first kappa shape index (κ1) is 20.4. The predicted octanol–water partition coefficient (Wildman–Crippen LogP) is 3.31. The number of amides is 1. The molecule has 1 aromatic heterocycles. The van der Waals surface area contributed by atoms with Crippen LogP contribution >= 0.6 is 12.4 Å². The summed E-state index contributed by atoms with van der Waals surface area (Å²) < 4.78 is 14.8. The van der Waals surface area contributed by atoms with Gasteiger partial charge in [0.1, 0.15) is 5.82 Å². The molecule has 2 atom stereocenters. The van der Waals surface area contributed by atoms with Crippen molar-refractivity contribution in [2.75, 3.05) is 13.1 Å². The van der Waals surface area contributed by atoms with Crippen molar-refractivity contribution in [1.29, 1.82) is 0 Å². The third kappa shape index (κ3) is 4.83. The van der Waals surface area contributed by atoms with Crippen LogP contribution in [0.15, 0.2) is 30.5 Å². The first-order chi connectivity index (χ1) is 12.0. The number of rotatable bonds is 6. The van der Waals surface area contributed by atoms with Crippen LogP contribution in [0.2, 0.25) is 0 Å². The largest absolute Gasteiger partial charge is 0.349 e. The molecule has 2 unspecified atom stereocenters. The zero-order valence-electron chi connectivity index (χ0n) is 15.2. The van der Waals surface area contributed by atoms with Crippen molar-refractivity contribution in [3.05, 3.63) is 47.5 Å². The van der Waals surface area contributed by atoms with Gasteiger partial charge in [-0.05, 0) is 70.0 Å². The van der Waals surface area contributed by atoms with Gasteiger partial charge in [-0.2, -0.15) is 5.10 Å². The van der Waals surface area contributed by atoms with Crippen LogP contribution in [-0.4, -0.2) is 28.8 Å². The predicted molar refractivity (Wildman–Crippen MR) is 102 cm³/mol. The van der Waals surface area contributed by atoms with Crippen LogP contribution in [0.4, 0.5) is 4.39 Å². The number of hydrogen-bond acceptors (Lipinski definition) is 3. The SMILES string of the molecule is Cc1c(C(C)NC(=O)CCC2CCNC2)cnn1-c1ccc(F)cc1.Cl. The van der Waals surface area contributed by atoms with E-state index in [1.54, 1.807) is 23.0 Å². The molecule has 2 heterocycles. The maximum atomic E-state index is 13.1. The molecule has 0 spiro atoms. The van der Waals surface area contributed by atoms with Gasteiger partial charge in [0.05, 0.1) is 17.9 Å². The number of nitrogens with one attached hydrogen (secondary N) is 2. The van der Waals surface area contributed by atoms with Crippen molar-refractivity contribution in [3.63, 3.8) is 0 Å². The lowest BCUT2D eigenvalue weighted by Gasteiger charge is -2.15. The van der Waals surface area contributed by atoms with Gasteiger partial charge in [-0.15, -0.1) is 12.4 Å². The summed E-state index contributed by atoms with van der Waals surface area (Å²) in [5, 5.41) is 10.8. The number of nitrogens with zero attached hydrogens (tertiary/aromatic N) is 2. The van der Waals surface area contributed by atoms with E-state index in [2.05, 4.69) is 15.7 Å². The first-order valence-corrected chi connectivity index (χ1v) is 8.85. The van der Waals surface area contributed by atoms with Gasteiger partial charge in [0.2, 0.25) is 5.91 Å². The zero-order chi connectivity index (χ0) is 17.8. The van der Waals surface area contributed by atoms with Crippen LogP contribution in [0, 0.1) is 18.7 Å². The van der Waals surface area contributed by atoms with E-state index < -0.39 is 0 Å². The van der Waals surface area contributed by atoms with Gasteiger partial charge < -0.3 is 10.6 Å². The average Bonchev–Trinajstić information content (AvgIpc) is 3.23. The maximum Gasteiger partial charge on any atom is 0.220 e. The number of halogens is 2. The highest BCUT2D eigenvalue weighted by molar-refractivity contribution is 5.85. The molecule has 1 aliphatic rings. The third-order valence-electron chi connectivity index (χ3n) is 4.90. The van der Waals surface area contributed by atoms with Crippen molar-refractivity contribution >= 4 is 18.3 Å². The molecule has 0 bridgehead atoms. The van der Waals surface area contributed by atoms with E-state index in [-0.39, 0.29) is 30.2 Å². The van der Waals surface area contributed by atoms with Crippen molar-refractivity contribution in [1.82, 2.24) is 20.4 Å². The Bertz CT molecular complexity index is 726. The van der Waals surface area contributed by atoms with E-state index >= 15 is 0 Å². The quantitative estimate of drug-likeness (QED) is 0.808. The van der Waals surface area contributed by atoms with Gasteiger partial charge in [0.25, 0.3) is 0 Å². The molecule has 1 fully saturated rings. The molecule has 2 N–H and O–H groups in total. The number of hydrogen-bond donors (Lipinski definition) is 2. The second kappa shape index (κ2) is 9.14. The summed E-state index contributed by atoms with van der Waals surface area (Å²) in [4.78, 5) is 12.2. The zero-order valence-corrected chi connectivity index (χ0v) is 16.0. The Balaban J connectivity index is 0.00000243. The summed E-state index contributed by atoms with van der Waals surface area (Å²) in [5.41, 5.74) is 2.72. The second-order valence-corrected chi connectivity index (χ2v) is 6.76. The first-order valence-electron chi connectivity index (χ1n) is 8.85. The smallest absolute Gasteiger partial charge is 0.220 e. The molecule has 3 rings (SSSR count). The third-order valence-corrected chi connectivity index (χ3v) is 4.90. The highest BCUT2D eigenvalue weighted by Crippen LogP contribution is 2.21. The standard InChI is InChI=1S/C19H25FN4O.ClH/c1-13(23-19(25)8-3-15-9-10-21-11-15)18-12-22-24(14(18)2)17-6-4-16(20)5-7-17;/h4-7,12-13,15,21H,3,8-11H2,1-2H3,(H,23,25);1H. The number of aromatic nitrogens is 2. The minimum Gasteiger partial charge on any atom is -0.349 e. The van der Waals surface area contributed by atoms with E-state index in [1.807, 2.05) is 13.8 Å².